The van der Waals surface area contributed by atoms with E-state index in [1.165, 1.54) is 11.3 Å². The average Bonchev–Trinajstić information content (AvgIpc) is 3.08. The van der Waals surface area contributed by atoms with Crippen molar-refractivity contribution in [1.82, 2.24) is 15.6 Å². The van der Waals surface area contributed by atoms with Gasteiger partial charge in [-0.05, 0) is 63.0 Å². The molecule has 4 N–H and O–H groups in total. The molecular weight excluding hydrogens is 483 g/mol. The van der Waals surface area contributed by atoms with Gasteiger partial charge in [0.05, 0.1) is 11.7 Å². The van der Waals surface area contributed by atoms with Crippen LogP contribution in [-0.2, 0) is 16.0 Å². The Kier molecular flexibility index (Phi) is 11.8. The van der Waals surface area contributed by atoms with Crippen molar-refractivity contribution in [3.05, 3.63) is 44.9 Å². The number of thiazole rings is 1. The van der Waals surface area contributed by atoms with Crippen molar-refractivity contribution >= 4 is 65.3 Å². The first-order valence-electron chi connectivity index (χ1n) is 9.63. The molecule has 0 saturated carbocycles. The van der Waals surface area contributed by atoms with Gasteiger partial charge in [0.25, 0.3) is 0 Å². The molecular formula is C20H27Cl3N4O3S. The lowest BCUT2D eigenvalue weighted by atomic mass is 9.90. The van der Waals surface area contributed by atoms with Crippen LogP contribution in [0.5, 0.6) is 0 Å². The van der Waals surface area contributed by atoms with E-state index in [9.17, 15) is 14.7 Å². The third-order valence-corrected chi connectivity index (χ3v) is 6.52. The minimum Gasteiger partial charge on any atom is -0.396 e. The van der Waals surface area contributed by atoms with Crippen LogP contribution in [0.4, 0.5) is 5.69 Å². The summed E-state index contributed by atoms with van der Waals surface area (Å²) in [6.07, 6.45) is 2.31. The second-order valence-electron chi connectivity index (χ2n) is 7.03. The standard InChI is InChI=1S/C20H25ClN4O3S.2ClH/c1-12-16(8-11-26)29-20(23-12)17(13-6-9-22-10-7-13)25-19(28)18(27)24-15-4-2-14(21)3-5-15;;/h2-5,13,17,22,26H,6-11H2,1H3,(H,24,27)(H,25,28);2*1H. The Morgan fingerprint density at radius 2 is 1.87 bits per heavy atom. The Morgan fingerprint density at radius 1 is 1.23 bits per heavy atom. The number of anilines is 1. The van der Waals surface area contributed by atoms with Crippen LogP contribution in [0.3, 0.4) is 0 Å². The first-order chi connectivity index (χ1) is 14.0. The molecule has 1 aromatic carbocycles. The van der Waals surface area contributed by atoms with Crippen molar-refractivity contribution in [2.45, 2.75) is 32.2 Å². The van der Waals surface area contributed by atoms with Gasteiger partial charge in [0.15, 0.2) is 0 Å². The zero-order valence-corrected chi connectivity index (χ0v) is 20.2. The van der Waals surface area contributed by atoms with E-state index >= 15 is 0 Å². The van der Waals surface area contributed by atoms with Crippen LogP contribution in [0.2, 0.25) is 5.02 Å². The Labute approximate surface area is 203 Å². The molecule has 2 heterocycles. The molecule has 1 saturated heterocycles. The Balaban J connectivity index is 0.00000240. The highest BCUT2D eigenvalue weighted by Gasteiger charge is 2.31. The number of carbonyl (C=O) groups is 2. The number of carbonyl (C=O) groups excluding carboxylic acids is 2. The van der Waals surface area contributed by atoms with Gasteiger partial charge in [0.2, 0.25) is 0 Å². The van der Waals surface area contributed by atoms with E-state index in [2.05, 4.69) is 20.9 Å². The van der Waals surface area contributed by atoms with Gasteiger partial charge in [-0.3, -0.25) is 9.59 Å². The van der Waals surface area contributed by atoms with Gasteiger partial charge in [0.1, 0.15) is 5.01 Å². The van der Waals surface area contributed by atoms with Crippen molar-refractivity contribution in [2.75, 3.05) is 25.0 Å². The molecule has 0 spiro atoms. The van der Waals surface area contributed by atoms with Crippen LogP contribution >= 0.6 is 47.8 Å². The largest absolute Gasteiger partial charge is 0.396 e. The molecule has 1 aromatic heterocycles. The number of aryl methyl sites for hydroxylation is 1. The first kappa shape index (κ1) is 27.6. The number of aliphatic hydroxyl groups is 1. The van der Waals surface area contributed by atoms with Gasteiger partial charge >= 0.3 is 11.8 Å². The number of piperidine rings is 1. The van der Waals surface area contributed by atoms with E-state index in [4.69, 9.17) is 11.6 Å². The maximum atomic E-state index is 12.6. The van der Waals surface area contributed by atoms with Crippen LogP contribution in [0, 0.1) is 12.8 Å². The van der Waals surface area contributed by atoms with Crippen LogP contribution in [0.1, 0.15) is 34.5 Å². The molecule has 1 aliphatic rings. The van der Waals surface area contributed by atoms with Crippen molar-refractivity contribution in [2.24, 2.45) is 5.92 Å². The summed E-state index contributed by atoms with van der Waals surface area (Å²) in [6.45, 7) is 3.68. The number of rotatable bonds is 6. The molecule has 0 radical (unpaired) electrons. The molecule has 2 aromatic rings. The zero-order chi connectivity index (χ0) is 20.8. The van der Waals surface area contributed by atoms with Crippen LogP contribution in [-0.4, -0.2) is 41.6 Å². The molecule has 3 rings (SSSR count). The van der Waals surface area contributed by atoms with Crippen molar-refractivity contribution < 1.29 is 14.7 Å². The highest BCUT2D eigenvalue weighted by molar-refractivity contribution is 7.11. The first-order valence-corrected chi connectivity index (χ1v) is 10.8. The fourth-order valence-corrected chi connectivity index (χ4v) is 4.73. The lowest BCUT2D eigenvalue weighted by molar-refractivity contribution is -0.137. The maximum absolute atomic E-state index is 12.6. The van der Waals surface area contributed by atoms with Crippen LogP contribution in [0.15, 0.2) is 24.3 Å². The third-order valence-electron chi connectivity index (χ3n) is 4.96. The van der Waals surface area contributed by atoms with Gasteiger partial charge in [-0.1, -0.05) is 11.6 Å². The normalized spacial score (nSPS) is 14.7. The van der Waals surface area contributed by atoms with E-state index in [0.29, 0.717) is 17.1 Å². The smallest absolute Gasteiger partial charge is 0.313 e. The number of halogens is 3. The summed E-state index contributed by atoms with van der Waals surface area (Å²) in [5.41, 5.74) is 1.36. The van der Waals surface area contributed by atoms with Gasteiger partial charge in [0, 0.05) is 28.6 Å². The molecule has 1 atom stereocenters. The highest BCUT2D eigenvalue weighted by Crippen LogP contribution is 2.33. The summed E-state index contributed by atoms with van der Waals surface area (Å²) in [5, 5.41) is 19.4. The minimum absolute atomic E-state index is 0. The Hall–Kier alpha value is -1.42. The van der Waals surface area contributed by atoms with Crippen LogP contribution < -0.4 is 16.0 Å². The van der Waals surface area contributed by atoms with Gasteiger partial charge in [-0.2, -0.15) is 0 Å². The van der Waals surface area contributed by atoms with Crippen molar-refractivity contribution in [3.8, 4) is 0 Å². The van der Waals surface area contributed by atoms with Gasteiger partial charge in [-0.25, -0.2) is 4.98 Å². The number of hydrogen-bond donors (Lipinski definition) is 4. The summed E-state index contributed by atoms with van der Waals surface area (Å²) < 4.78 is 0. The molecule has 0 aliphatic carbocycles. The molecule has 172 valence electrons. The summed E-state index contributed by atoms with van der Waals surface area (Å²) >= 11 is 7.34. The number of benzene rings is 1. The van der Waals surface area contributed by atoms with E-state index in [1.54, 1.807) is 24.3 Å². The summed E-state index contributed by atoms with van der Waals surface area (Å²) in [6, 6.07) is 6.24. The van der Waals surface area contributed by atoms with E-state index in [-0.39, 0.29) is 43.4 Å². The SMILES string of the molecule is Cc1nc(C(NC(=O)C(=O)Nc2ccc(Cl)cc2)C2CCNCC2)sc1CCO.Cl.Cl. The molecule has 0 bridgehead atoms. The predicted octanol–water partition coefficient (Wildman–Crippen LogP) is 3.28. The lowest BCUT2D eigenvalue weighted by Crippen LogP contribution is -2.43. The maximum Gasteiger partial charge on any atom is 0.313 e. The number of hydrogen-bond acceptors (Lipinski definition) is 6. The predicted molar refractivity (Wildman–Crippen MR) is 129 cm³/mol. The Morgan fingerprint density at radius 3 is 2.48 bits per heavy atom. The second-order valence-corrected chi connectivity index (χ2v) is 8.59. The highest BCUT2D eigenvalue weighted by atomic mass is 35.5. The quantitative estimate of drug-likeness (QED) is 0.448. The van der Waals surface area contributed by atoms with Crippen molar-refractivity contribution in [1.29, 1.82) is 0 Å². The number of amides is 2. The molecule has 1 aliphatic heterocycles. The van der Waals surface area contributed by atoms with E-state index < -0.39 is 11.8 Å². The third kappa shape index (κ3) is 7.59. The zero-order valence-electron chi connectivity index (χ0n) is 17.0. The topological polar surface area (TPSA) is 103 Å². The van der Waals surface area contributed by atoms with E-state index in [0.717, 1.165) is 41.5 Å². The fourth-order valence-electron chi connectivity index (χ4n) is 3.40. The molecule has 7 nitrogen and oxygen atoms in total. The summed E-state index contributed by atoms with van der Waals surface area (Å²) in [7, 11) is 0. The summed E-state index contributed by atoms with van der Waals surface area (Å²) in [5.74, 6) is -1.23. The number of nitrogens with one attached hydrogen (secondary N) is 3. The minimum atomic E-state index is -0.727. The lowest BCUT2D eigenvalue weighted by Gasteiger charge is -2.30. The molecule has 2 amide bonds. The molecule has 1 fully saturated rings. The Bertz CT molecular complexity index is 858. The van der Waals surface area contributed by atoms with Gasteiger partial charge < -0.3 is 21.1 Å². The molecule has 1 unspecified atom stereocenters. The number of nitrogens with zero attached hydrogens (tertiary/aromatic N) is 1. The second kappa shape index (κ2) is 13.2. The van der Waals surface area contributed by atoms with Crippen molar-refractivity contribution in [3.63, 3.8) is 0 Å². The fraction of sp³-hybridized carbons (Fsp3) is 0.450. The average molecular weight is 510 g/mol. The summed E-state index contributed by atoms with van der Waals surface area (Å²) in [4.78, 5) is 30.7. The number of aliphatic hydroxyl groups excluding tert-OH is 1. The van der Waals surface area contributed by atoms with Gasteiger partial charge in [-0.15, -0.1) is 36.2 Å². The van der Waals surface area contributed by atoms with Crippen LogP contribution in [0.25, 0.3) is 0 Å². The number of aromatic nitrogens is 1. The van der Waals surface area contributed by atoms with E-state index in [1.807, 2.05) is 6.92 Å². The molecule has 31 heavy (non-hydrogen) atoms. The molecule has 11 heteroatoms. The monoisotopic (exact) mass is 508 g/mol.